The maximum atomic E-state index is 12.5. The van der Waals surface area contributed by atoms with Crippen LogP contribution in [0.15, 0.2) is 30.3 Å². The van der Waals surface area contributed by atoms with Gasteiger partial charge in [-0.25, -0.2) is 4.79 Å². The number of unbranched alkanes of at least 4 members (excludes halogenated alkanes) is 1. The van der Waals surface area contributed by atoms with Crippen molar-refractivity contribution < 1.29 is 14.4 Å². The van der Waals surface area contributed by atoms with Crippen LogP contribution in [-0.4, -0.2) is 53.3 Å². The minimum Gasteiger partial charge on any atom is -0.339 e. The van der Waals surface area contributed by atoms with Crippen molar-refractivity contribution in [2.24, 2.45) is 0 Å². The van der Waals surface area contributed by atoms with E-state index in [-0.39, 0.29) is 24.4 Å². The molecule has 2 aliphatic heterocycles. The number of benzene rings is 1. The van der Waals surface area contributed by atoms with Crippen LogP contribution >= 0.6 is 0 Å². The lowest BCUT2D eigenvalue weighted by Gasteiger charge is -2.25. The Balaban J connectivity index is 1.41. The van der Waals surface area contributed by atoms with Gasteiger partial charge in [-0.15, -0.1) is 0 Å². The minimum atomic E-state index is -0.321. The van der Waals surface area contributed by atoms with Crippen LogP contribution in [0.4, 0.5) is 4.79 Å². The fraction of sp³-hybridized carbons (Fsp3) is 0.526. The van der Waals surface area contributed by atoms with Crippen molar-refractivity contribution in [1.82, 2.24) is 15.1 Å². The number of imide groups is 1. The zero-order valence-electron chi connectivity index (χ0n) is 14.4. The first-order chi connectivity index (χ1) is 12.1. The summed E-state index contributed by atoms with van der Waals surface area (Å²) in [7, 11) is 0. The molecule has 4 amide bonds. The molecular weight excluding hydrogens is 318 g/mol. The summed E-state index contributed by atoms with van der Waals surface area (Å²) in [6.45, 7) is 1.51. The molecule has 134 valence electrons. The highest BCUT2D eigenvalue weighted by atomic mass is 16.2. The summed E-state index contributed by atoms with van der Waals surface area (Å²) in [6, 6.07) is 10.3. The van der Waals surface area contributed by atoms with Crippen LogP contribution in [-0.2, 0) is 16.0 Å². The van der Waals surface area contributed by atoms with E-state index in [0.29, 0.717) is 19.0 Å². The summed E-state index contributed by atoms with van der Waals surface area (Å²) in [5.41, 5.74) is 1.27. The molecule has 0 aliphatic carbocycles. The molecule has 0 bridgehead atoms. The van der Waals surface area contributed by atoms with Crippen molar-refractivity contribution in [2.45, 2.75) is 44.6 Å². The summed E-state index contributed by atoms with van der Waals surface area (Å²) in [6.07, 6.45) is 5.04. The van der Waals surface area contributed by atoms with Gasteiger partial charge in [0.25, 0.3) is 0 Å². The Morgan fingerprint density at radius 1 is 1.16 bits per heavy atom. The molecular formula is C19H25N3O3. The summed E-state index contributed by atoms with van der Waals surface area (Å²) in [5.74, 6) is -0.0396. The van der Waals surface area contributed by atoms with Crippen LogP contribution in [0.5, 0.6) is 0 Å². The number of nitrogens with one attached hydrogen (secondary N) is 1. The Morgan fingerprint density at radius 2 is 1.96 bits per heavy atom. The van der Waals surface area contributed by atoms with Crippen molar-refractivity contribution in [3.8, 4) is 0 Å². The molecule has 1 N–H and O–H groups in total. The fourth-order valence-corrected chi connectivity index (χ4v) is 3.65. The van der Waals surface area contributed by atoms with E-state index in [1.807, 2.05) is 23.1 Å². The maximum absolute atomic E-state index is 12.5. The van der Waals surface area contributed by atoms with Crippen molar-refractivity contribution >= 4 is 17.8 Å². The van der Waals surface area contributed by atoms with Crippen molar-refractivity contribution in [1.29, 1.82) is 0 Å². The number of hydrogen-bond acceptors (Lipinski definition) is 3. The first kappa shape index (κ1) is 17.5. The van der Waals surface area contributed by atoms with Gasteiger partial charge in [-0.05, 0) is 37.7 Å². The SMILES string of the molecule is O=C1CN(CCCCC(=O)N2CCC[C@H]2Cc2ccccc2)C(=O)N1. The van der Waals surface area contributed by atoms with E-state index in [1.54, 1.807) is 0 Å². The number of amides is 4. The molecule has 25 heavy (non-hydrogen) atoms. The van der Waals surface area contributed by atoms with E-state index in [2.05, 4.69) is 17.4 Å². The molecule has 2 aliphatic rings. The van der Waals surface area contributed by atoms with Gasteiger partial charge in [-0.3, -0.25) is 14.9 Å². The first-order valence-electron chi connectivity index (χ1n) is 9.05. The van der Waals surface area contributed by atoms with E-state index < -0.39 is 0 Å². The van der Waals surface area contributed by atoms with Crippen LogP contribution in [0, 0.1) is 0 Å². The molecule has 2 saturated heterocycles. The molecule has 0 saturated carbocycles. The Hall–Kier alpha value is -2.37. The molecule has 1 atom stereocenters. The molecule has 6 nitrogen and oxygen atoms in total. The number of carbonyl (C=O) groups excluding carboxylic acids is 3. The van der Waals surface area contributed by atoms with Gasteiger partial charge in [0.15, 0.2) is 0 Å². The third-order valence-corrected chi connectivity index (χ3v) is 4.95. The highest BCUT2D eigenvalue weighted by molar-refractivity contribution is 6.01. The van der Waals surface area contributed by atoms with E-state index >= 15 is 0 Å². The Labute approximate surface area is 148 Å². The Bertz CT molecular complexity index is 632. The lowest BCUT2D eigenvalue weighted by molar-refractivity contribution is -0.132. The monoisotopic (exact) mass is 343 g/mol. The van der Waals surface area contributed by atoms with Crippen molar-refractivity contribution in [3.05, 3.63) is 35.9 Å². The number of rotatable bonds is 7. The average Bonchev–Trinajstić information content (AvgIpc) is 3.18. The quantitative estimate of drug-likeness (QED) is 0.608. The summed E-state index contributed by atoms with van der Waals surface area (Å²) >= 11 is 0. The molecule has 2 heterocycles. The van der Waals surface area contributed by atoms with Gasteiger partial charge < -0.3 is 9.80 Å². The van der Waals surface area contributed by atoms with Crippen LogP contribution in [0.1, 0.15) is 37.7 Å². The van der Waals surface area contributed by atoms with Gasteiger partial charge in [0.1, 0.15) is 6.54 Å². The van der Waals surface area contributed by atoms with Crippen molar-refractivity contribution in [2.75, 3.05) is 19.6 Å². The zero-order chi connectivity index (χ0) is 17.6. The number of hydrogen-bond donors (Lipinski definition) is 1. The first-order valence-corrected chi connectivity index (χ1v) is 9.05. The minimum absolute atomic E-state index is 0.137. The smallest absolute Gasteiger partial charge is 0.324 e. The lowest BCUT2D eigenvalue weighted by Crippen LogP contribution is -2.36. The zero-order valence-corrected chi connectivity index (χ0v) is 14.4. The molecule has 0 aromatic heterocycles. The molecule has 3 rings (SSSR count). The lowest BCUT2D eigenvalue weighted by atomic mass is 10.0. The second kappa shape index (κ2) is 8.14. The topological polar surface area (TPSA) is 69.7 Å². The van der Waals surface area contributed by atoms with Crippen LogP contribution in [0.2, 0.25) is 0 Å². The fourth-order valence-electron chi connectivity index (χ4n) is 3.65. The summed E-state index contributed by atoms with van der Waals surface area (Å²) < 4.78 is 0. The molecule has 6 heteroatoms. The van der Waals surface area contributed by atoms with Crippen LogP contribution < -0.4 is 5.32 Å². The highest BCUT2D eigenvalue weighted by Gasteiger charge is 2.29. The van der Waals surface area contributed by atoms with Crippen LogP contribution in [0.25, 0.3) is 0 Å². The van der Waals surface area contributed by atoms with E-state index in [4.69, 9.17) is 0 Å². The third-order valence-electron chi connectivity index (χ3n) is 4.95. The molecule has 0 spiro atoms. The van der Waals surface area contributed by atoms with Gasteiger partial charge in [0.05, 0.1) is 0 Å². The molecule has 2 fully saturated rings. The number of carbonyl (C=O) groups is 3. The van der Waals surface area contributed by atoms with Gasteiger partial charge in [0, 0.05) is 25.6 Å². The molecule has 0 unspecified atom stereocenters. The second-order valence-corrected chi connectivity index (χ2v) is 6.80. The van der Waals surface area contributed by atoms with Gasteiger partial charge in [-0.2, -0.15) is 0 Å². The Morgan fingerprint density at radius 3 is 2.68 bits per heavy atom. The largest absolute Gasteiger partial charge is 0.339 e. The standard InChI is InChI=1S/C19H25N3O3/c23-17-14-21(19(25)20-17)11-5-4-10-18(24)22-12-6-9-16(22)13-15-7-2-1-3-8-15/h1-3,7-8,16H,4-6,9-14H2,(H,20,23,25)/t16-/m0/s1. The predicted octanol–water partition coefficient (Wildman–Crippen LogP) is 1.94. The number of urea groups is 1. The van der Waals surface area contributed by atoms with Gasteiger partial charge in [-0.1, -0.05) is 30.3 Å². The van der Waals surface area contributed by atoms with Gasteiger partial charge >= 0.3 is 6.03 Å². The molecule has 0 radical (unpaired) electrons. The highest BCUT2D eigenvalue weighted by Crippen LogP contribution is 2.22. The average molecular weight is 343 g/mol. The molecule has 1 aromatic carbocycles. The second-order valence-electron chi connectivity index (χ2n) is 6.80. The molecule has 1 aromatic rings. The van der Waals surface area contributed by atoms with Crippen molar-refractivity contribution in [3.63, 3.8) is 0 Å². The third kappa shape index (κ3) is 4.59. The maximum Gasteiger partial charge on any atom is 0.324 e. The van der Waals surface area contributed by atoms with E-state index in [0.717, 1.165) is 38.6 Å². The summed E-state index contributed by atoms with van der Waals surface area (Å²) in [5, 5.41) is 2.26. The summed E-state index contributed by atoms with van der Waals surface area (Å²) in [4.78, 5) is 38.7. The van der Waals surface area contributed by atoms with E-state index in [9.17, 15) is 14.4 Å². The Kier molecular flexibility index (Phi) is 5.68. The predicted molar refractivity (Wildman–Crippen MR) is 93.8 cm³/mol. The van der Waals surface area contributed by atoms with Gasteiger partial charge in [0.2, 0.25) is 11.8 Å². The number of nitrogens with zero attached hydrogens (tertiary/aromatic N) is 2. The van der Waals surface area contributed by atoms with Crippen LogP contribution in [0.3, 0.4) is 0 Å². The number of likely N-dealkylation sites (tertiary alicyclic amines) is 1. The van der Waals surface area contributed by atoms with E-state index in [1.165, 1.54) is 10.5 Å². The normalized spacial score (nSPS) is 20.2.